The van der Waals surface area contributed by atoms with E-state index in [-0.39, 0.29) is 0 Å². The van der Waals surface area contributed by atoms with Crippen LogP contribution in [0.3, 0.4) is 0 Å². The molecule has 0 aromatic carbocycles. The average molecular weight is 391 g/mol. The second kappa shape index (κ2) is 17.1. The summed E-state index contributed by atoms with van der Waals surface area (Å²) in [5.41, 5.74) is 0. The summed E-state index contributed by atoms with van der Waals surface area (Å²) in [5, 5.41) is 0. The predicted octanol–water partition coefficient (Wildman–Crippen LogP) is 7.61. The van der Waals surface area contributed by atoms with Crippen LogP contribution in [0.25, 0.3) is 0 Å². The van der Waals surface area contributed by atoms with Crippen molar-refractivity contribution in [3.05, 3.63) is 30.6 Å². The molecule has 1 nitrogen and oxygen atoms in total. The molecule has 0 N–H and O–H groups in total. The van der Waals surface area contributed by atoms with Gasteiger partial charge in [-0.1, -0.05) is 84.1 Å². The number of halogens is 4. The molecule has 158 valence electrons. The molecule has 0 aliphatic carbocycles. The lowest BCUT2D eigenvalue weighted by atomic mass is 9.97. The van der Waals surface area contributed by atoms with Crippen LogP contribution in [0.2, 0.25) is 0 Å². The van der Waals surface area contributed by atoms with Crippen molar-refractivity contribution in [3.63, 3.8) is 0 Å². The Morgan fingerprint density at radius 3 is 1.67 bits per heavy atom. The number of unbranched alkanes of at least 4 members (excludes halogenated alkanes) is 8. The van der Waals surface area contributed by atoms with E-state index in [4.69, 9.17) is 0 Å². The highest BCUT2D eigenvalue weighted by atomic mass is 19.5. The molecule has 1 atom stereocenters. The molecule has 6 heteroatoms. The maximum absolute atomic E-state index is 9.75. The van der Waals surface area contributed by atoms with E-state index in [1.54, 1.807) is 0 Å². The fourth-order valence-electron chi connectivity index (χ4n) is 3.15. The fourth-order valence-corrected chi connectivity index (χ4v) is 3.15. The Morgan fingerprint density at radius 1 is 0.704 bits per heavy atom. The van der Waals surface area contributed by atoms with Gasteiger partial charge in [0, 0.05) is 18.6 Å². The SMILES string of the molecule is CCCCCCCCCCC[C@H](C)CCC[n+]1ccccc1.F[B-](F)(F)F. The van der Waals surface area contributed by atoms with Crippen molar-refractivity contribution < 1.29 is 21.8 Å². The van der Waals surface area contributed by atoms with E-state index in [2.05, 4.69) is 49.0 Å². The van der Waals surface area contributed by atoms with Crippen LogP contribution in [0.4, 0.5) is 17.3 Å². The number of nitrogens with zero attached hydrogens (tertiary/aromatic N) is 1. The van der Waals surface area contributed by atoms with Crippen LogP contribution in [-0.2, 0) is 6.54 Å². The largest absolute Gasteiger partial charge is 0.673 e. The third-order valence-corrected chi connectivity index (χ3v) is 4.69. The highest BCUT2D eigenvalue weighted by Gasteiger charge is 2.20. The molecule has 0 spiro atoms. The lowest BCUT2D eigenvalue weighted by Crippen LogP contribution is -2.32. The molecule has 0 saturated carbocycles. The summed E-state index contributed by atoms with van der Waals surface area (Å²) < 4.78 is 41.3. The lowest BCUT2D eigenvalue weighted by Gasteiger charge is -2.10. The van der Waals surface area contributed by atoms with Gasteiger partial charge < -0.3 is 17.3 Å². The van der Waals surface area contributed by atoms with E-state index in [1.165, 1.54) is 83.6 Å². The molecule has 27 heavy (non-hydrogen) atoms. The monoisotopic (exact) mass is 391 g/mol. The van der Waals surface area contributed by atoms with Gasteiger partial charge in [-0.15, -0.1) is 0 Å². The summed E-state index contributed by atoms with van der Waals surface area (Å²) in [6, 6.07) is 6.32. The van der Waals surface area contributed by atoms with Crippen molar-refractivity contribution >= 4 is 7.25 Å². The van der Waals surface area contributed by atoms with E-state index < -0.39 is 7.25 Å². The molecule has 0 bridgehead atoms. The molecule has 1 rings (SSSR count). The summed E-state index contributed by atoms with van der Waals surface area (Å²) >= 11 is 0. The molecule has 0 amide bonds. The van der Waals surface area contributed by atoms with Gasteiger partial charge in [-0.2, -0.15) is 0 Å². The number of hydrogen-bond acceptors (Lipinski definition) is 0. The average Bonchev–Trinajstić information content (AvgIpc) is 2.60. The highest BCUT2D eigenvalue weighted by Crippen LogP contribution is 2.16. The first-order valence-corrected chi connectivity index (χ1v) is 10.6. The van der Waals surface area contributed by atoms with Gasteiger partial charge in [0.15, 0.2) is 12.4 Å². The second-order valence-corrected chi connectivity index (χ2v) is 7.47. The number of aromatic nitrogens is 1. The standard InChI is InChI=1S/C21H38N.BF4/c1-3-4-5-6-7-8-9-10-12-16-21(2)17-15-20-22-18-13-11-14-19-22;2-1(3,4)5/h11,13-14,18-19,21H,3-10,12,15-17,20H2,1-2H3;/q+1;-1/t21-;/m0./s1. The fraction of sp³-hybridized carbons (Fsp3) is 0.762. The van der Waals surface area contributed by atoms with Gasteiger partial charge in [-0.05, 0) is 12.3 Å². The molecule has 0 fully saturated rings. The zero-order valence-electron chi connectivity index (χ0n) is 17.2. The van der Waals surface area contributed by atoms with Crippen molar-refractivity contribution in [2.24, 2.45) is 5.92 Å². The Hall–Kier alpha value is -1.07. The first-order chi connectivity index (χ1) is 12.8. The van der Waals surface area contributed by atoms with Crippen LogP contribution < -0.4 is 4.57 Å². The molecular formula is C21H38BF4N. The number of rotatable bonds is 14. The molecular weight excluding hydrogens is 353 g/mol. The third-order valence-electron chi connectivity index (χ3n) is 4.69. The third kappa shape index (κ3) is 22.9. The molecule has 0 saturated heterocycles. The Labute approximate surface area is 163 Å². The molecule has 0 aliphatic heterocycles. The Morgan fingerprint density at radius 2 is 1.15 bits per heavy atom. The van der Waals surface area contributed by atoms with Crippen LogP contribution in [0.5, 0.6) is 0 Å². The first kappa shape index (κ1) is 25.9. The van der Waals surface area contributed by atoms with E-state index in [0.29, 0.717) is 0 Å². The van der Waals surface area contributed by atoms with Crippen molar-refractivity contribution in [1.29, 1.82) is 0 Å². The Balaban J connectivity index is 0.00000119. The lowest BCUT2D eigenvalue weighted by molar-refractivity contribution is -0.697. The topological polar surface area (TPSA) is 3.88 Å². The summed E-state index contributed by atoms with van der Waals surface area (Å²) in [6.07, 6.45) is 21.4. The quantitative estimate of drug-likeness (QED) is 0.133. The summed E-state index contributed by atoms with van der Waals surface area (Å²) in [4.78, 5) is 0. The van der Waals surface area contributed by atoms with Crippen molar-refractivity contribution in [2.45, 2.75) is 97.4 Å². The second-order valence-electron chi connectivity index (χ2n) is 7.47. The zero-order valence-corrected chi connectivity index (χ0v) is 17.2. The van der Waals surface area contributed by atoms with Crippen LogP contribution in [-0.4, -0.2) is 7.25 Å². The van der Waals surface area contributed by atoms with Crippen LogP contribution in [0.1, 0.15) is 90.9 Å². The predicted molar refractivity (Wildman–Crippen MR) is 107 cm³/mol. The Kier molecular flexibility index (Phi) is 16.4. The van der Waals surface area contributed by atoms with E-state index >= 15 is 0 Å². The zero-order chi connectivity index (χ0) is 20.4. The molecule has 0 aliphatic rings. The van der Waals surface area contributed by atoms with Gasteiger partial charge in [0.05, 0.1) is 0 Å². The molecule has 0 radical (unpaired) electrons. The van der Waals surface area contributed by atoms with Crippen molar-refractivity contribution in [1.82, 2.24) is 0 Å². The minimum atomic E-state index is -6.00. The maximum Gasteiger partial charge on any atom is 0.673 e. The van der Waals surface area contributed by atoms with E-state index in [9.17, 15) is 17.3 Å². The molecule has 1 aromatic heterocycles. The maximum atomic E-state index is 9.75. The smallest absolute Gasteiger partial charge is 0.418 e. The van der Waals surface area contributed by atoms with Crippen LogP contribution in [0, 0.1) is 5.92 Å². The first-order valence-electron chi connectivity index (χ1n) is 10.6. The minimum absolute atomic E-state index is 0.897. The summed E-state index contributed by atoms with van der Waals surface area (Å²) in [5.74, 6) is 0.897. The summed E-state index contributed by atoms with van der Waals surface area (Å²) in [7, 11) is -6.00. The molecule has 1 aromatic rings. The Bertz CT molecular complexity index is 420. The van der Waals surface area contributed by atoms with Gasteiger partial charge in [-0.3, -0.25) is 0 Å². The number of aryl methyl sites for hydroxylation is 1. The normalized spacial score (nSPS) is 12.4. The molecule has 0 unspecified atom stereocenters. The number of hydrogen-bond donors (Lipinski definition) is 0. The highest BCUT2D eigenvalue weighted by molar-refractivity contribution is 6.50. The van der Waals surface area contributed by atoms with Crippen LogP contribution in [0.15, 0.2) is 30.6 Å². The van der Waals surface area contributed by atoms with Gasteiger partial charge in [0.2, 0.25) is 0 Å². The van der Waals surface area contributed by atoms with E-state index in [1.807, 2.05) is 0 Å². The van der Waals surface area contributed by atoms with Crippen molar-refractivity contribution in [3.8, 4) is 0 Å². The summed E-state index contributed by atoms with van der Waals surface area (Å²) in [6.45, 7) is 5.89. The van der Waals surface area contributed by atoms with Crippen molar-refractivity contribution in [2.75, 3.05) is 0 Å². The van der Waals surface area contributed by atoms with Gasteiger partial charge in [0.25, 0.3) is 0 Å². The van der Waals surface area contributed by atoms with Gasteiger partial charge in [0.1, 0.15) is 6.54 Å². The number of pyridine rings is 1. The van der Waals surface area contributed by atoms with Gasteiger partial charge in [-0.25, -0.2) is 4.57 Å². The molecule has 1 heterocycles. The van der Waals surface area contributed by atoms with Crippen LogP contribution >= 0.6 is 0 Å². The van der Waals surface area contributed by atoms with E-state index in [0.717, 1.165) is 5.92 Å². The minimum Gasteiger partial charge on any atom is -0.418 e. The van der Waals surface area contributed by atoms with Gasteiger partial charge >= 0.3 is 7.25 Å².